The van der Waals surface area contributed by atoms with E-state index < -0.39 is 5.97 Å². The molecule has 0 saturated heterocycles. The molecule has 0 fully saturated rings. The first-order valence-electron chi connectivity index (χ1n) is 8.19. The Kier molecular flexibility index (Phi) is 5.48. The van der Waals surface area contributed by atoms with E-state index in [9.17, 15) is 9.59 Å². The van der Waals surface area contributed by atoms with Crippen LogP contribution >= 0.6 is 0 Å². The van der Waals surface area contributed by atoms with Crippen molar-refractivity contribution in [1.82, 2.24) is 10.2 Å². The predicted molar refractivity (Wildman–Crippen MR) is 95.8 cm³/mol. The molecule has 0 atom stereocenters. The number of ether oxygens (including phenoxy) is 3. The second kappa shape index (κ2) is 8.15. The smallest absolute Gasteiger partial charge is 0.359 e. The standard InChI is InChI=1S/C19H18N2O5/c1-2-24-13-7-9-14(10-8-13)25-11-12-26-19(23)17-15-5-3-4-6-16(15)18(22)21-20-17/h3-10H,2,11-12H2,1H3,(H,21,22). The minimum atomic E-state index is -0.618. The Morgan fingerprint density at radius 1 is 0.962 bits per heavy atom. The molecule has 0 bridgehead atoms. The Hall–Kier alpha value is -3.35. The highest BCUT2D eigenvalue weighted by atomic mass is 16.6. The fourth-order valence-corrected chi connectivity index (χ4v) is 2.43. The molecule has 0 aliphatic carbocycles. The van der Waals surface area contributed by atoms with Gasteiger partial charge in [-0.25, -0.2) is 9.89 Å². The van der Waals surface area contributed by atoms with Gasteiger partial charge in [0.2, 0.25) is 0 Å². The minimum absolute atomic E-state index is 0.0567. The van der Waals surface area contributed by atoms with Gasteiger partial charge >= 0.3 is 5.97 Å². The molecule has 0 unspecified atom stereocenters. The van der Waals surface area contributed by atoms with Crippen LogP contribution in [0.25, 0.3) is 10.8 Å². The monoisotopic (exact) mass is 354 g/mol. The van der Waals surface area contributed by atoms with E-state index in [1.165, 1.54) is 0 Å². The third-order valence-corrected chi connectivity index (χ3v) is 3.61. The summed E-state index contributed by atoms with van der Waals surface area (Å²) in [5, 5.41) is 6.95. The summed E-state index contributed by atoms with van der Waals surface area (Å²) in [6, 6.07) is 13.9. The lowest BCUT2D eigenvalue weighted by molar-refractivity contribution is 0.0445. The van der Waals surface area contributed by atoms with E-state index in [0.717, 1.165) is 5.75 Å². The first-order chi connectivity index (χ1) is 12.7. The molecular weight excluding hydrogens is 336 g/mol. The molecule has 0 aliphatic rings. The normalized spacial score (nSPS) is 10.5. The number of hydrogen-bond acceptors (Lipinski definition) is 6. The lowest BCUT2D eigenvalue weighted by atomic mass is 10.1. The molecule has 2 aromatic carbocycles. The quantitative estimate of drug-likeness (QED) is 0.518. The zero-order valence-electron chi connectivity index (χ0n) is 14.2. The lowest BCUT2D eigenvalue weighted by Crippen LogP contribution is -2.18. The summed E-state index contributed by atoms with van der Waals surface area (Å²) in [7, 11) is 0. The van der Waals surface area contributed by atoms with Crippen LogP contribution in [-0.4, -0.2) is 36.0 Å². The van der Waals surface area contributed by atoms with E-state index in [4.69, 9.17) is 14.2 Å². The average molecular weight is 354 g/mol. The highest BCUT2D eigenvalue weighted by molar-refractivity contribution is 6.01. The molecule has 3 aromatic rings. The van der Waals surface area contributed by atoms with Crippen molar-refractivity contribution < 1.29 is 19.0 Å². The van der Waals surface area contributed by atoms with Gasteiger partial charge < -0.3 is 14.2 Å². The number of carbonyl (C=O) groups is 1. The Morgan fingerprint density at radius 3 is 2.31 bits per heavy atom. The SMILES string of the molecule is CCOc1ccc(OCCOC(=O)c2n[nH]c(=O)c3ccccc23)cc1. The number of esters is 1. The molecule has 26 heavy (non-hydrogen) atoms. The summed E-state index contributed by atoms with van der Waals surface area (Å²) in [6.45, 7) is 2.77. The van der Waals surface area contributed by atoms with Gasteiger partial charge in [-0.15, -0.1) is 0 Å². The Bertz CT molecular complexity index is 950. The molecule has 7 nitrogen and oxygen atoms in total. The number of aromatic nitrogens is 2. The minimum Gasteiger partial charge on any atom is -0.494 e. The highest BCUT2D eigenvalue weighted by Crippen LogP contribution is 2.17. The Labute approximate surface area is 149 Å². The summed E-state index contributed by atoms with van der Waals surface area (Å²) >= 11 is 0. The molecule has 1 N–H and O–H groups in total. The summed E-state index contributed by atoms with van der Waals surface area (Å²) in [5.74, 6) is 0.798. The number of fused-ring (bicyclic) bond motifs is 1. The predicted octanol–water partition coefficient (Wildman–Crippen LogP) is 2.56. The van der Waals surface area contributed by atoms with Crippen LogP contribution in [0.1, 0.15) is 17.4 Å². The van der Waals surface area contributed by atoms with Gasteiger partial charge in [0.1, 0.15) is 24.7 Å². The van der Waals surface area contributed by atoms with Crippen LogP contribution in [0, 0.1) is 0 Å². The van der Waals surface area contributed by atoms with E-state index in [2.05, 4.69) is 10.2 Å². The first kappa shape index (κ1) is 17.5. The number of carbonyl (C=O) groups excluding carboxylic acids is 1. The molecular formula is C19H18N2O5. The number of aromatic amines is 1. The van der Waals surface area contributed by atoms with Crippen molar-refractivity contribution >= 4 is 16.7 Å². The molecule has 0 aliphatic heterocycles. The van der Waals surface area contributed by atoms with Gasteiger partial charge in [-0.3, -0.25) is 4.79 Å². The molecule has 1 heterocycles. The van der Waals surface area contributed by atoms with Gasteiger partial charge in [0.25, 0.3) is 5.56 Å². The Morgan fingerprint density at radius 2 is 1.62 bits per heavy atom. The third kappa shape index (κ3) is 4.00. The van der Waals surface area contributed by atoms with E-state index in [-0.39, 0.29) is 24.5 Å². The maximum atomic E-state index is 12.2. The number of nitrogens with one attached hydrogen (secondary N) is 1. The van der Waals surface area contributed by atoms with Crippen molar-refractivity contribution in [3.05, 3.63) is 64.6 Å². The van der Waals surface area contributed by atoms with Gasteiger partial charge in [0.05, 0.1) is 12.0 Å². The molecule has 0 saturated carbocycles. The van der Waals surface area contributed by atoms with Crippen molar-refractivity contribution in [2.45, 2.75) is 6.92 Å². The van der Waals surface area contributed by atoms with E-state index in [0.29, 0.717) is 23.1 Å². The van der Waals surface area contributed by atoms with Gasteiger partial charge in [0.15, 0.2) is 5.69 Å². The Balaban J connectivity index is 1.56. The summed E-state index contributed by atoms with van der Waals surface area (Å²) in [4.78, 5) is 24.0. The summed E-state index contributed by atoms with van der Waals surface area (Å²) < 4.78 is 16.1. The van der Waals surface area contributed by atoms with Crippen LogP contribution in [0.5, 0.6) is 11.5 Å². The highest BCUT2D eigenvalue weighted by Gasteiger charge is 2.15. The van der Waals surface area contributed by atoms with Crippen LogP contribution in [-0.2, 0) is 4.74 Å². The number of rotatable bonds is 7. The van der Waals surface area contributed by atoms with Crippen molar-refractivity contribution in [2.24, 2.45) is 0 Å². The van der Waals surface area contributed by atoms with Crippen LogP contribution in [0.2, 0.25) is 0 Å². The van der Waals surface area contributed by atoms with E-state index >= 15 is 0 Å². The first-order valence-corrected chi connectivity index (χ1v) is 8.19. The van der Waals surface area contributed by atoms with Crippen LogP contribution in [0.3, 0.4) is 0 Å². The maximum Gasteiger partial charge on any atom is 0.359 e. The molecule has 3 rings (SSSR count). The number of hydrogen-bond donors (Lipinski definition) is 1. The topological polar surface area (TPSA) is 90.5 Å². The van der Waals surface area contributed by atoms with Crippen molar-refractivity contribution in [2.75, 3.05) is 19.8 Å². The molecule has 134 valence electrons. The summed E-state index contributed by atoms with van der Waals surface area (Å²) in [6.07, 6.45) is 0. The second-order valence-electron chi connectivity index (χ2n) is 5.34. The molecule has 0 radical (unpaired) electrons. The molecule has 0 spiro atoms. The third-order valence-electron chi connectivity index (χ3n) is 3.61. The number of benzene rings is 2. The molecule has 1 aromatic heterocycles. The van der Waals surface area contributed by atoms with Gasteiger partial charge in [0, 0.05) is 5.39 Å². The fraction of sp³-hybridized carbons (Fsp3) is 0.211. The van der Waals surface area contributed by atoms with Gasteiger partial charge in [-0.2, -0.15) is 5.10 Å². The van der Waals surface area contributed by atoms with Crippen LogP contribution in [0.15, 0.2) is 53.3 Å². The van der Waals surface area contributed by atoms with E-state index in [1.54, 1.807) is 48.5 Å². The largest absolute Gasteiger partial charge is 0.494 e. The van der Waals surface area contributed by atoms with E-state index in [1.807, 2.05) is 6.92 Å². The zero-order valence-corrected chi connectivity index (χ0v) is 14.2. The van der Waals surface area contributed by atoms with Crippen molar-refractivity contribution in [3.63, 3.8) is 0 Å². The molecule has 0 amide bonds. The molecule has 7 heteroatoms. The van der Waals surface area contributed by atoms with Crippen molar-refractivity contribution in [1.29, 1.82) is 0 Å². The number of H-pyrrole nitrogens is 1. The van der Waals surface area contributed by atoms with Crippen molar-refractivity contribution in [3.8, 4) is 11.5 Å². The van der Waals surface area contributed by atoms with Crippen LogP contribution in [0.4, 0.5) is 0 Å². The van der Waals surface area contributed by atoms with Crippen LogP contribution < -0.4 is 15.0 Å². The fourth-order valence-electron chi connectivity index (χ4n) is 2.43. The van der Waals surface area contributed by atoms with Gasteiger partial charge in [-0.05, 0) is 37.3 Å². The zero-order chi connectivity index (χ0) is 18.4. The second-order valence-corrected chi connectivity index (χ2v) is 5.34. The summed E-state index contributed by atoms with van der Waals surface area (Å²) in [5.41, 5.74) is -0.280. The van der Waals surface area contributed by atoms with Gasteiger partial charge in [-0.1, -0.05) is 18.2 Å². The average Bonchev–Trinajstić information content (AvgIpc) is 2.67. The maximum absolute atomic E-state index is 12.2. The number of nitrogens with zero attached hydrogens (tertiary/aromatic N) is 1. The lowest BCUT2D eigenvalue weighted by Gasteiger charge is -2.09.